The Hall–Kier alpha value is -1.43. The summed E-state index contributed by atoms with van der Waals surface area (Å²) in [5.41, 5.74) is 1.20. The number of hydrogen-bond acceptors (Lipinski definition) is 4. The molecule has 2 atom stereocenters. The summed E-state index contributed by atoms with van der Waals surface area (Å²) in [5, 5.41) is 12.9. The van der Waals surface area contributed by atoms with Crippen molar-refractivity contribution in [1.82, 2.24) is 5.32 Å². The van der Waals surface area contributed by atoms with Gasteiger partial charge in [0.1, 0.15) is 6.10 Å². The van der Waals surface area contributed by atoms with Gasteiger partial charge in [0, 0.05) is 0 Å². The second kappa shape index (κ2) is 9.01. The fourth-order valence-electron chi connectivity index (χ4n) is 2.68. The third-order valence-electron chi connectivity index (χ3n) is 3.89. The summed E-state index contributed by atoms with van der Waals surface area (Å²) in [4.78, 5) is 12.2. The first-order valence-corrected chi connectivity index (χ1v) is 8.32. The van der Waals surface area contributed by atoms with Gasteiger partial charge in [0.05, 0.1) is 19.3 Å². The van der Waals surface area contributed by atoms with Crippen LogP contribution in [0.1, 0.15) is 32.3 Å². The smallest absolute Gasteiger partial charge is 0.249 e. The highest BCUT2D eigenvalue weighted by Gasteiger charge is 2.30. The van der Waals surface area contributed by atoms with Gasteiger partial charge < -0.3 is 19.9 Å². The first-order chi connectivity index (χ1) is 11.1. The van der Waals surface area contributed by atoms with Crippen LogP contribution in [0.3, 0.4) is 0 Å². The SMILES string of the molecule is CC(C)C[C@H](O)C(=O)N[C@@H](CCc1ccccc1)C1OCCO1. The summed E-state index contributed by atoms with van der Waals surface area (Å²) >= 11 is 0. The number of carbonyl (C=O) groups is 1. The van der Waals surface area contributed by atoms with E-state index in [9.17, 15) is 9.90 Å². The van der Waals surface area contributed by atoms with Crippen molar-refractivity contribution in [2.24, 2.45) is 5.92 Å². The number of aliphatic hydroxyl groups is 1. The van der Waals surface area contributed by atoms with Crippen LogP contribution in [-0.4, -0.2) is 42.7 Å². The molecule has 0 saturated carbocycles. The number of nitrogens with one attached hydrogen (secondary N) is 1. The van der Waals surface area contributed by atoms with E-state index in [1.54, 1.807) is 0 Å². The van der Waals surface area contributed by atoms with Crippen molar-refractivity contribution in [2.75, 3.05) is 13.2 Å². The molecule has 0 aromatic heterocycles. The van der Waals surface area contributed by atoms with Gasteiger partial charge in [-0.1, -0.05) is 44.2 Å². The molecule has 5 heteroatoms. The Morgan fingerprint density at radius 1 is 1.26 bits per heavy atom. The number of carbonyl (C=O) groups excluding carboxylic acids is 1. The number of amides is 1. The summed E-state index contributed by atoms with van der Waals surface area (Å²) in [6.45, 7) is 5.03. The zero-order valence-corrected chi connectivity index (χ0v) is 13.9. The van der Waals surface area contributed by atoms with E-state index in [0.29, 0.717) is 26.1 Å². The monoisotopic (exact) mass is 321 g/mol. The second-order valence-corrected chi connectivity index (χ2v) is 6.39. The van der Waals surface area contributed by atoms with Gasteiger partial charge in [-0.2, -0.15) is 0 Å². The lowest BCUT2D eigenvalue weighted by Gasteiger charge is -2.25. The molecule has 0 radical (unpaired) electrons. The van der Waals surface area contributed by atoms with Crippen LogP contribution in [0.2, 0.25) is 0 Å². The van der Waals surface area contributed by atoms with Gasteiger partial charge in [0.15, 0.2) is 6.29 Å². The third-order valence-corrected chi connectivity index (χ3v) is 3.89. The first kappa shape index (κ1) is 17.9. The molecule has 0 unspecified atom stereocenters. The van der Waals surface area contributed by atoms with Gasteiger partial charge in [0.25, 0.3) is 0 Å². The van der Waals surface area contributed by atoms with Crippen LogP contribution in [0, 0.1) is 5.92 Å². The van der Waals surface area contributed by atoms with Crippen LogP contribution in [0.25, 0.3) is 0 Å². The fraction of sp³-hybridized carbons (Fsp3) is 0.611. The molecule has 2 N–H and O–H groups in total. The largest absolute Gasteiger partial charge is 0.383 e. The summed E-state index contributed by atoms with van der Waals surface area (Å²) in [6.07, 6.45) is 0.540. The van der Waals surface area contributed by atoms with E-state index in [0.717, 1.165) is 6.42 Å². The molecule has 1 aliphatic rings. The Morgan fingerprint density at radius 2 is 1.91 bits per heavy atom. The number of aryl methyl sites for hydroxylation is 1. The zero-order valence-electron chi connectivity index (χ0n) is 13.9. The van der Waals surface area contributed by atoms with Crippen LogP contribution in [0.4, 0.5) is 0 Å². The summed E-state index contributed by atoms with van der Waals surface area (Å²) in [7, 11) is 0. The highest BCUT2D eigenvalue weighted by molar-refractivity contribution is 5.80. The molecule has 2 rings (SSSR count). The van der Waals surface area contributed by atoms with Gasteiger partial charge in [-0.25, -0.2) is 0 Å². The van der Waals surface area contributed by atoms with Crippen molar-refractivity contribution in [3.05, 3.63) is 35.9 Å². The molecule has 128 valence electrons. The average Bonchev–Trinajstić information content (AvgIpc) is 3.05. The lowest BCUT2D eigenvalue weighted by molar-refractivity contribution is -0.135. The molecule has 1 aromatic rings. The summed E-state index contributed by atoms with van der Waals surface area (Å²) in [5.74, 6) is -0.0895. The van der Waals surface area contributed by atoms with Crippen LogP contribution in [-0.2, 0) is 20.7 Å². The van der Waals surface area contributed by atoms with Gasteiger partial charge >= 0.3 is 0 Å². The third kappa shape index (κ3) is 5.94. The molecular weight excluding hydrogens is 294 g/mol. The molecule has 1 fully saturated rings. The number of hydrogen-bond donors (Lipinski definition) is 2. The second-order valence-electron chi connectivity index (χ2n) is 6.39. The highest BCUT2D eigenvalue weighted by atomic mass is 16.7. The first-order valence-electron chi connectivity index (χ1n) is 8.32. The Morgan fingerprint density at radius 3 is 2.52 bits per heavy atom. The van der Waals surface area contributed by atoms with Gasteiger partial charge in [-0.05, 0) is 30.7 Å². The van der Waals surface area contributed by atoms with Crippen molar-refractivity contribution in [3.8, 4) is 0 Å². The van der Waals surface area contributed by atoms with Gasteiger partial charge in [-0.3, -0.25) is 4.79 Å². The zero-order chi connectivity index (χ0) is 16.7. The van der Waals surface area contributed by atoms with E-state index < -0.39 is 12.4 Å². The van der Waals surface area contributed by atoms with E-state index in [4.69, 9.17) is 9.47 Å². The molecule has 1 aromatic carbocycles. The average molecular weight is 321 g/mol. The summed E-state index contributed by atoms with van der Waals surface area (Å²) in [6, 6.07) is 9.84. The van der Waals surface area contributed by atoms with Crippen molar-refractivity contribution < 1.29 is 19.4 Å². The molecule has 0 aliphatic carbocycles. The number of ether oxygens (including phenoxy) is 2. The molecule has 23 heavy (non-hydrogen) atoms. The van der Waals surface area contributed by atoms with Crippen LogP contribution >= 0.6 is 0 Å². The number of aliphatic hydroxyl groups excluding tert-OH is 1. The predicted octanol–water partition coefficient (Wildman–Crippen LogP) is 1.88. The number of rotatable bonds is 8. The predicted molar refractivity (Wildman–Crippen MR) is 87.8 cm³/mol. The van der Waals surface area contributed by atoms with E-state index >= 15 is 0 Å². The van der Waals surface area contributed by atoms with Crippen LogP contribution < -0.4 is 5.32 Å². The molecule has 1 aliphatic heterocycles. The minimum Gasteiger partial charge on any atom is -0.383 e. The van der Waals surface area contributed by atoms with Crippen LogP contribution in [0.5, 0.6) is 0 Å². The van der Waals surface area contributed by atoms with Crippen molar-refractivity contribution >= 4 is 5.91 Å². The minimum atomic E-state index is -0.990. The molecule has 1 amide bonds. The van der Waals surface area contributed by atoms with Gasteiger partial charge in [-0.15, -0.1) is 0 Å². The van der Waals surface area contributed by atoms with Gasteiger partial charge in [0.2, 0.25) is 5.91 Å². The molecular formula is C18H27NO4. The molecule has 0 spiro atoms. The van der Waals surface area contributed by atoms with E-state index in [-0.39, 0.29) is 17.9 Å². The van der Waals surface area contributed by atoms with E-state index in [1.165, 1.54) is 5.56 Å². The normalized spacial score (nSPS) is 18.1. The van der Waals surface area contributed by atoms with Crippen molar-refractivity contribution in [3.63, 3.8) is 0 Å². The fourth-order valence-corrected chi connectivity index (χ4v) is 2.68. The molecule has 5 nitrogen and oxygen atoms in total. The Bertz CT molecular complexity index is 471. The molecule has 1 heterocycles. The number of benzene rings is 1. The van der Waals surface area contributed by atoms with E-state index in [2.05, 4.69) is 17.4 Å². The van der Waals surface area contributed by atoms with Crippen LogP contribution in [0.15, 0.2) is 30.3 Å². The Kier molecular flexibility index (Phi) is 7.02. The van der Waals surface area contributed by atoms with Crippen molar-refractivity contribution in [2.45, 2.75) is 51.5 Å². The molecule has 0 bridgehead atoms. The standard InChI is InChI=1S/C18H27NO4/c1-13(2)12-16(20)17(21)19-15(18-22-10-11-23-18)9-8-14-6-4-3-5-7-14/h3-7,13,15-16,18,20H,8-12H2,1-2H3,(H,19,21)/t15-,16-/m0/s1. The quantitative estimate of drug-likeness (QED) is 0.767. The maximum Gasteiger partial charge on any atom is 0.249 e. The molecule has 1 saturated heterocycles. The summed E-state index contributed by atoms with van der Waals surface area (Å²) < 4.78 is 11.1. The topological polar surface area (TPSA) is 67.8 Å². The maximum atomic E-state index is 12.2. The maximum absolute atomic E-state index is 12.2. The lowest BCUT2D eigenvalue weighted by atomic mass is 10.0. The Labute approximate surface area is 138 Å². The van der Waals surface area contributed by atoms with E-state index in [1.807, 2.05) is 32.0 Å². The highest BCUT2D eigenvalue weighted by Crippen LogP contribution is 2.15. The minimum absolute atomic E-state index is 0.257. The lowest BCUT2D eigenvalue weighted by Crippen LogP contribution is -2.48. The Balaban J connectivity index is 1.92. The van der Waals surface area contributed by atoms with Crippen molar-refractivity contribution in [1.29, 1.82) is 0 Å².